The highest BCUT2D eigenvalue weighted by atomic mass is 32.2. The van der Waals surface area contributed by atoms with Gasteiger partial charge in [-0.1, -0.05) is 48.6 Å². The Kier molecular flexibility index (Phi) is 7.83. The Morgan fingerprint density at radius 1 is 1.06 bits per heavy atom. The van der Waals surface area contributed by atoms with Crippen LogP contribution in [0.1, 0.15) is 45.4 Å². The molecule has 1 aliphatic carbocycles. The van der Waals surface area contributed by atoms with Gasteiger partial charge in [0.1, 0.15) is 0 Å². The number of anilines is 1. The van der Waals surface area contributed by atoms with Crippen molar-refractivity contribution in [2.45, 2.75) is 51.5 Å². The lowest BCUT2D eigenvalue weighted by molar-refractivity contribution is -0.124. The monoisotopic (exact) mass is 520 g/mol. The molecule has 8 nitrogen and oxygen atoms in total. The number of carboxylic acid groups (broad SMARTS) is 1. The van der Waals surface area contributed by atoms with Crippen molar-refractivity contribution in [2.75, 3.05) is 24.2 Å². The summed E-state index contributed by atoms with van der Waals surface area (Å²) in [7, 11) is -3.31. The number of amides is 1. The van der Waals surface area contributed by atoms with Gasteiger partial charge in [0.25, 0.3) is 0 Å². The van der Waals surface area contributed by atoms with E-state index in [4.69, 9.17) is 4.74 Å². The Balaban J connectivity index is 1.72. The van der Waals surface area contributed by atoms with E-state index in [1.165, 1.54) is 21.9 Å². The van der Waals surface area contributed by atoms with Crippen LogP contribution in [0.25, 0.3) is 10.4 Å². The molecular weight excluding hydrogens is 488 g/mol. The normalized spacial score (nSPS) is 22.0. The Bertz CT molecular complexity index is 1150. The minimum Gasteiger partial charge on any atom is -0.449 e. The van der Waals surface area contributed by atoms with Crippen molar-refractivity contribution < 1.29 is 27.9 Å². The lowest BCUT2D eigenvalue weighted by Crippen LogP contribution is -2.50. The predicted molar refractivity (Wildman–Crippen MR) is 136 cm³/mol. The number of carbonyl (C=O) groups excluding carboxylic acids is 1. The van der Waals surface area contributed by atoms with Gasteiger partial charge in [-0.05, 0) is 56.1 Å². The highest BCUT2D eigenvalue weighted by molar-refractivity contribution is 7.88. The molecule has 0 unspecified atom stereocenters. The Hall–Kier alpha value is -2.43. The molecule has 0 spiro atoms. The molecule has 0 atom stereocenters. The second-order valence-electron chi connectivity index (χ2n) is 9.58. The van der Waals surface area contributed by atoms with Gasteiger partial charge in [-0.25, -0.2) is 17.5 Å². The first-order chi connectivity index (χ1) is 16.6. The summed E-state index contributed by atoms with van der Waals surface area (Å²) in [5.41, 5.74) is 1.36. The summed E-state index contributed by atoms with van der Waals surface area (Å²) < 4.78 is 30.7. The van der Waals surface area contributed by atoms with Crippen molar-refractivity contribution in [3.05, 3.63) is 36.4 Å². The van der Waals surface area contributed by atoms with Crippen molar-refractivity contribution in [3.8, 4) is 15.5 Å². The molecule has 1 aliphatic heterocycles. The van der Waals surface area contributed by atoms with Gasteiger partial charge in [-0.15, -0.1) is 0 Å². The van der Waals surface area contributed by atoms with Crippen LogP contribution in [0.4, 0.5) is 10.5 Å². The number of nitrogens with zero attached hydrogens (tertiary/aromatic N) is 2. The number of hydrogen-bond donors (Lipinski definition) is 1. The molecule has 1 amide bonds. The molecule has 4 rings (SSSR count). The molecule has 2 aliphatic rings. The molecule has 1 aromatic heterocycles. The number of piperidine rings is 1. The molecule has 2 aromatic rings. The van der Waals surface area contributed by atoms with Crippen LogP contribution < -0.4 is 9.64 Å². The highest BCUT2D eigenvalue weighted by Gasteiger charge is 2.38. The standard InChI is InChI=1S/C25H32N2O6S2/c1-17-8-10-19(11-9-17)23(28)27(20-12-14-26(15-13-20)35(2,31)32)21-16-22(18-6-4-3-5-7-18)34-24(21)33-25(29)30/h3-7,16-17,19-20H,8-15H2,1-2H3,(H,29,30). The number of hydrogen-bond acceptors (Lipinski definition) is 6. The van der Waals surface area contributed by atoms with Crippen LogP contribution in [-0.4, -0.2) is 55.3 Å². The van der Waals surface area contributed by atoms with Gasteiger partial charge < -0.3 is 14.7 Å². The lowest BCUT2D eigenvalue weighted by atomic mass is 9.82. The number of rotatable bonds is 6. The SMILES string of the molecule is CC1CCC(C(=O)N(c2cc(-c3ccccc3)sc2OC(=O)O)C2CCN(S(C)(=O)=O)CC2)CC1. The third-order valence-electron chi connectivity index (χ3n) is 7.04. The van der Waals surface area contributed by atoms with E-state index < -0.39 is 16.2 Å². The van der Waals surface area contributed by atoms with Crippen LogP contribution in [0.5, 0.6) is 5.06 Å². The largest absolute Gasteiger partial charge is 0.512 e. The van der Waals surface area contributed by atoms with Gasteiger partial charge in [0.2, 0.25) is 21.0 Å². The second-order valence-corrected chi connectivity index (χ2v) is 12.6. The van der Waals surface area contributed by atoms with Crippen LogP contribution in [-0.2, 0) is 14.8 Å². The first-order valence-corrected chi connectivity index (χ1v) is 14.7. The highest BCUT2D eigenvalue weighted by Crippen LogP contribution is 2.45. The first-order valence-electron chi connectivity index (χ1n) is 12.0. The number of sulfonamides is 1. The van der Waals surface area contributed by atoms with E-state index >= 15 is 0 Å². The summed E-state index contributed by atoms with van der Waals surface area (Å²) in [6.45, 7) is 2.84. The first kappa shape index (κ1) is 25.7. The van der Waals surface area contributed by atoms with E-state index in [9.17, 15) is 23.1 Å². The van der Waals surface area contributed by atoms with E-state index in [1.807, 2.05) is 36.4 Å². The molecule has 2 fully saturated rings. The van der Waals surface area contributed by atoms with E-state index in [2.05, 4.69) is 6.92 Å². The van der Waals surface area contributed by atoms with E-state index in [0.717, 1.165) is 36.1 Å². The quantitative estimate of drug-likeness (QED) is 0.534. The van der Waals surface area contributed by atoms with Crippen molar-refractivity contribution >= 4 is 39.1 Å². The maximum Gasteiger partial charge on any atom is 0.512 e. The molecule has 2 heterocycles. The average molecular weight is 521 g/mol. The van der Waals surface area contributed by atoms with Crippen LogP contribution in [0.2, 0.25) is 0 Å². The predicted octanol–water partition coefficient (Wildman–Crippen LogP) is 5.06. The summed E-state index contributed by atoms with van der Waals surface area (Å²) >= 11 is 1.20. The van der Waals surface area contributed by atoms with E-state index in [1.54, 1.807) is 4.90 Å². The van der Waals surface area contributed by atoms with Crippen LogP contribution in [0, 0.1) is 11.8 Å². The Labute approximate surface area is 210 Å². The summed E-state index contributed by atoms with van der Waals surface area (Å²) in [4.78, 5) is 28.0. The van der Waals surface area contributed by atoms with Crippen LogP contribution >= 0.6 is 11.3 Å². The molecule has 190 valence electrons. The lowest BCUT2D eigenvalue weighted by Gasteiger charge is -2.39. The zero-order valence-electron chi connectivity index (χ0n) is 20.1. The molecule has 0 bridgehead atoms. The van der Waals surface area contributed by atoms with Crippen molar-refractivity contribution in [3.63, 3.8) is 0 Å². The van der Waals surface area contributed by atoms with Gasteiger partial charge in [-0.3, -0.25) is 4.79 Å². The Morgan fingerprint density at radius 3 is 2.26 bits per heavy atom. The van der Waals surface area contributed by atoms with Gasteiger partial charge in [0.15, 0.2) is 0 Å². The third kappa shape index (κ3) is 6.05. The minimum absolute atomic E-state index is 0.0256. The fourth-order valence-corrected chi connectivity index (χ4v) is 6.93. The fourth-order valence-electron chi connectivity index (χ4n) is 5.06. The number of benzene rings is 1. The topological polar surface area (TPSA) is 104 Å². The van der Waals surface area contributed by atoms with Crippen LogP contribution in [0.15, 0.2) is 36.4 Å². The van der Waals surface area contributed by atoms with Crippen molar-refractivity contribution in [2.24, 2.45) is 11.8 Å². The molecular formula is C25H32N2O6S2. The smallest absolute Gasteiger partial charge is 0.449 e. The zero-order valence-corrected chi connectivity index (χ0v) is 21.7. The third-order valence-corrected chi connectivity index (χ3v) is 9.39. The number of ether oxygens (including phenoxy) is 1. The molecule has 1 N–H and O–H groups in total. The molecule has 35 heavy (non-hydrogen) atoms. The Morgan fingerprint density at radius 2 is 1.69 bits per heavy atom. The van der Waals surface area contributed by atoms with Gasteiger partial charge in [-0.2, -0.15) is 0 Å². The van der Waals surface area contributed by atoms with Gasteiger partial charge in [0, 0.05) is 29.9 Å². The summed E-state index contributed by atoms with van der Waals surface area (Å²) in [6, 6.07) is 11.2. The summed E-state index contributed by atoms with van der Waals surface area (Å²) in [5, 5.41) is 9.58. The zero-order chi connectivity index (χ0) is 25.2. The maximum absolute atomic E-state index is 14.0. The van der Waals surface area contributed by atoms with Gasteiger partial charge in [0.05, 0.1) is 11.9 Å². The number of thiophene rings is 1. The number of carbonyl (C=O) groups is 2. The molecule has 1 aromatic carbocycles. The minimum atomic E-state index is -3.31. The van der Waals surface area contributed by atoms with E-state index in [0.29, 0.717) is 37.5 Å². The molecule has 0 radical (unpaired) electrons. The second kappa shape index (κ2) is 10.7. The van der Waals surface area contributed by atoms with Crippen molar-refractivity contribution in [1.82, 2.24) is 4.31 Å². The maximum atomic E-state index is 14.0. The fraction of sp³-hybridized carbons (Fsp3) is 0.520. The summed E-state index contributed by atoms with van der Waals surface area (Å²) in [6.07, 6.45) is 4.27. The molecule has 1 saturated heterocycles. The van der Waals surface area contributed by atoms with Crippen molar-refractivity contribution in [1.29, 1.82) is 0 Å². The van der Waals surface area contributed by atoms with Gasteiger partial charge >= 0.3 is 6.16 Å². The molecule has 10 heteroatoms. The molecule has 1 saturated carbocycles. The van der Waals surface area contributed by atoms with Crippen LogP contribution in [0.3, 0.4) is 0 Å². The summed E-state index contributed by atoms with van der Waals surface area (Å²) in [5.74, 6) is 0.418. The average Bonchev–Trinajstić information content (AvgIpc) is 3.22. The van der Waals surface area contributed by atoms with E-state index in [-0.39, 0.29) is 22.9 Å².